The Morgan fingerprint density at radius 2 is 2.00 bits per heavy atom. The number of hydrogen-bond donors (Lipinski definition) is 0. The maximum atomic E-state index is 13.3. The van der Waals surface area contributed by atoms with Gasteiger partial charge < -0.3 is 4.57 Å². The summed E-state index contributed by atoms with van der Waals surface area (Å²) in [6.45, 7) is 2.06. The molecule has 1 aromatic carbocycles. The average molecular weight is 490 g/mol. The Labute approximate surface area is 193 Å². The predicted octanol–water partition coefficient (Wildman–Crippen LogP) is 6.62. The molecule has 1 aliphatic heterocycles. The van der Waals surface area contributed by atoms with Gasteiger partial charge in [-0.15, -0.1) is 0 Å². The van der Waals surface area contributed by atoms with E-state index < -0.39 is 0 Å². The van der Waals surface area contributed by atoms with Crippen molar-refractivity contribution in [3.05, 3.63) is 92.0 Å². The Morgan fingerprint density at radius 1 is 1.19 bits per heavy atom. The van der Waals surface area contributed by atoms with Gasteiger partial charge in [-0.25, -0.2) is 0 Å². The van der Waals surface area contributed by atoms with Crippen molar-refractivity contribution >= 4 is 44.6 Å². The molecule has 6 heteroatoms. The molecule has 0 saturated heterocycles. The lowest BCUT2D eigenvalue weighted by molar-refractivity contribution is -0.116. The van der Waals surface area contributed by atoms with Gasteiger partial charge in [0.05, 0.1) is 23.2 Å². The molecule has 1 atom stereocenters. The Balaban J connectivity index is 1.86. The van der Waals surface area contributed by atoms with Crippen molar-refractivity contribution in [1.29, 1.82) is 5.26 Å². The van der Waals surface area contributed by atoms with Crippen molar-refractivity contribution in [2.45, 2.75) is 32.1 Å². The van der Waals surface area contributed by atoms with E-state index in [1.165, 1.54) is 0 Å². The van der Waals surface area contributed by atoms with Gasteiger partial charge in [-0.2, -0.15) is 16.6 Å². The minimum atomic E-state index is -0.330. The van der Waals surface area contributed by atoms with E-state index in [-0.39, 0.29) is 11.7 Å². The van der Waals surface area contributed by atoms with Crippen molar-refractivity contribution in [2.75, 3.05) is 4.90 Å². The first-order valence-electron chi connectivity index (χ1n) is 10.2. The van der Waals surface area contributed by atoms with Gasteiger partial charge in [0.15, 0.2) is 5.78 Å². The highest BCUT2D eigenvalue weighted by atomic mass is 79.9. The van der Waals surface area contributed by atoms with Gasteiger partial charge in [0.2, 0.25) is 0 Å². The highest BCUT2D eigenvalue weighted by Crippen LogP contribution is 2.49. The van der Waals surface area contributed by atoms with Crippen molar-refractivity contribution < 1.29 is 4.79 Å². The molecule has 154 valence electrons. The molecule has 0 amide bonds. The van der Waals surface area contributed by atoms with E-state index in [0.717, 1.165) is 51.2 Å². The number of hydrogen-bond acceptors (Lipinski definition) is 4. The fraction of sp³-hybridized carbons (Fsp3) is 0.200. The van der Waals surface area contributed by atoms with Gasteiger partial charge in [0.25, 0.3) is 0 Å². The molecule has 31 heavy (non-hydrogen) atoms. The summed E-state index contributed by atoms with van der Waals surface area (Å²) in [7, 11) is 0. The molecule has 0 saturated carbocycles. The maximum absolute atomic E-state index is 13.3. The van der Waals surface area contributed by atoms with E-state index in [1.807, 2.05) is 46.6 Å². The molecular formula is C25H20BrN3OS. The topological polar surface area (TPSA) is 49.0 Å². The van der Waals surface area contributed by atoms with Crippen LogP contribution in [0.3, 0.4) is 0 Å². The number of halogens is 1. The lowest BCUT2D eigenvalue weighted by atomic mass is 9.76. The quantitative estimate of drug-likeness (QED) is 0.415. The molecule has 1 unspecified atom stereocenters. The summed E-state index contributed by atoms with van der Waals surface area (Å²) in [5.74, 6) is 0.627. The molecule has 5 rings (SSSR count). The van der Waals surface area contributed by atoms with Crippen LogP contribution in [0.4, 0.5) is 5.69 Å². The second-order valence-corrected chi connectivity index (χ2v) is 9.53. The van der Waals surface area contributed by atoms with Crippen LogP contribution in [0.25, 0.3) is 5.82 Å². The molecule has 2 aromatic heterocycles. The molecule has 2 aliphatic rings. The first-order valence-corrected chi connectivity index (χ1v) is 12.0. The molecule has 0 fully saturated rings. The number of allylic oxidation sites excluding steroid dienone is 3. The number of nitriles is 1. The SMILES string of the molecule is Cc1cc(Br)ccc1N1C2=C(C(=O)CCC2)C(c2ccsc2)C(C#N)=C1n1cccc1. The standard InChI is InChI=1S/C25H20BrN3OS/c1-16-13-18(26)7-8-20(16)29-21-5-4-6-22(30)24(21)23(17-9-12-31-15-17)19(14-27)25(29)28-10-2-3-11-28/h2-3,7-13,15,23H,4-6H2,1H3. The number of anilines is 1. The monoisotopic (exact) mass is 489 g/mol. The summed E-state index contributed by atoms with van der Waals surface area (Å²) in [6, 6.07) is 14.6. The number of ketones is 1. The fourth-order valence-electron chi connectivity index (χ4n) is 4.67. The Kier molecular flexibility index (Phi) is 5.17. The van der Waals surface area contributed by atoms with Crippen LogP contribution in [0.2, 0.25) is 0 Å². The minimum Gasteiger partial charge on any atom is -0.309 e. The van der Waals surface area contributed by atoms with Crippen LogP contribution in [-0.4, -0.2) is 10.4 Å². The van der Waals surface area contributed by atoms with Crippen LogP contribution in [0.15, 0.2) is 80.9 Å². The van der Waals surface area contributed by atoms with Crippen LogP contribution >= 0.6 is 27.3 Å². The minimum absolute atomic E-state index is 0.150. The third kappa shape index (κ3) is 3.29. The van der Waals surface area contributed by atoms with Crippen LogP contribution in [0.1, 0.15) is 36.3 Å². The highest BCUT2D eigenvalue weighted by molar-refractivity contribution is 9.10. The Hall–Kier alpha value is -2.88. The third-order valence-corrected chi connectivity index (χ3v) is 7.17. The van der Waals surface area contributed by atoms with E-state index in [0.29, 0.717) is 12.0 Å². The molecule has 0 bridgehead atoms. The summed E-state index contributed by atoms with van der Waals surface area (Å²) < 4.78 is 3.00. The highest BCUT2D eigenvalue weighted by Gasteiger charge is 2.41. The van der Waals surface area contributed by atoms with E-state index in [4.69, 9.17) is 0 Å². The van der Waals surface area contributed by atoms with Crippen molar-refractivity contribution in [1.82, 2.24) is 4.57 Å². The summed E-state index contributed by atoms with van der Waals surface area (Å²) in [6.07, 6.45) is 6.09. The zero-order valence-corrected chi connectivity index (χ0v) is 19.4. The van der Waals surface area contributed by atoms with E-state index >= 15 is 0 Å². The van der Waals surface area contributed by atoms with E-state index in [2.05, 4.69) is 51.3 Å². The molecule has 3 aromatic rings. The molecule has 0 spiro atoms. The summed E-state index contributed by atoms with van der Waals surface area (Å²) in [5, 5.41) is 14.5. The lowest BCUT2D eigenvalue weighted by Crippen LogP contribution is -2.36. The van der Waals surface area contributed by atoms with Crippen molar-refractivity contribution in [2.24, 2.45) is 0 Å². The van der Waals surface area contributed by atoms with Crippen molar-refractivity contribution in [3.8, 4) is 6.07 Å². The number of thiophene rings is 1. The normalized spacial score (nSPS) is 18.9. The number of benzene rings is 1. The second-order valence-electron chi connectivity index (χ2n) is 7.83. The van der Waals surface area contributed by atoms with Gasteiger partial charge in [-0.3, -0.25) is 9.69 Å². The largest absolute Gasteiger partial charge is 0.309 e. The van der Waals surface area contributed by atoms with Gasteiger partial charge >= 0.3 is 0 Å². The molecule has 1 aliphatic carbocycles. The van der Waals surface area contributed by atoms with Gasteiger partial charge in [-0.1, -0.05) is 15.9 Å². The zero-order chi connectivity index (χ0) is 21.5. The maximum Gasteiger partial charge on any atom is 0.161 e. The fourth-order valence-corrected chi connectivity index (χ4v) is 5.84. The molecule has 0 radical (unpaired) electrons. The number of rotatable bonds is 3. The summed E-state index contributed by atoms with van der Waals surface area (Å²) in [4.78, 5) is 15.4. The average Bonchev–Trinajstić information content (AvgIpc) is 3.47. The van der Waals surface area contributed by atoms with E-state index in [9.17, 15) is 10.1 Å². The van der Waals surface area contributed by atoms with Crippen LogP contribution < -0.4 is 4.90 Å². The number of aryl methyl sites for hydroxylation is 1. The van der Waals surface area contributed by atoms with Crippen LogP contribution in [0.5, 0.6) is 0 Å². The van der Waals surface area contributed by atoms with Crippen molar-refractivity contribution in [3.63, 3.8) is 0 Å². The summed E-state index contributed by atoms with van der Waals surface area (Å²) in [5.41, 5.74) is 5.48. The number of Topliss-reactive ketones (excluding diaryl/α,β-unsaturated/α-hetero) is 1. The molecule has 0 N–H and O–H groups in total. The molecule has 4 nitrogen and oxygen atoms in total. The second kappa shape index (κ2) is 7.99. The molecule has 3 heterocycles. The Bertz CT molecular complexity index is 1260. The predicted molar refractivity (Wildman–Crippen MR) is 128 cm³/mol. The number of nitrogens with zero attached hydrogens (tertiary/aromatic N) is 3. The first-order chi connectivity index (χ1) is 15.1. The smallest absolute Gasteiger partial charge is 0.161 e. The van der Waals surface area contributed by atoms with Gasteiger partial charge in [0, 0.05) is 34.6 Å². The van der Waals surface area contributed by atoms with Gasteiger partial charge in [0.1, 0.15) is 5.82 Å². The summed E-state index contributed by atoms with van der Waals surface area (Å²) >= 11 is 5.16. The third-order valence-electron chi connectivity index (χ3n) is 5.97. The number of carbonyl (C=O) groups is 1. The van der Waals surface area contributed by atoms with Gasteiger partial charge in [-0.05, 0) is 78.1 Å². The van der Waals surface area contributed by atoms with E-state index in [1.54, 1.807) is 11.3 Å². The van der Waals surface area contributed by atoms with Crippen LogP contribution in [0, 0.1) is 18.3 Å². The first kappa shape index (κ1) is 20.0. The number of carbonyl (C=O) groups excluding carboxylic acids is 1. The Morgan fingerprint density at radius 3 is 2.68 bits per heavy atom. The van der Waals surface area contributed by atoms with Crippen LogP contribution in [-0.2, 0) is 4.79 Å². The molecular weight excluding hydrogens is 470 g/mol. The zero-order valence-electron chi connectivity index (χ0n) is 17.0. The lowest BCUT2D eigenvalue weighted by Gasteiger charge is -2.41. The number of aromatic nitrogens is 1.